The maximum atomic E-state index is 12.7. The van der Waals surface area contributed by atoms with E-state index in [-0.39, 0.29) is 17.1 Å². The van der Waals surface area contributed by atoms with E-state index in [0.717, 1.165) is 5.69 Å². The average molecular weight is 497 g/mol. The second-order valence-electron chi connectivity index (χ2n) is 7.81. The van der Waals surface area contributed by atoms with Gasteiger partial charge < -0.3 is 10.1 Å². The van der Waals surface area contributed by atoms with Crippen LogP contribution in [0, 0.1) is 11.3 Å². The molecule has 0 bridgehead atoms. The molecule has 0 saturated carbocycles. The molecule has 0 spiro atoms. The van der Waals surface area contributed by atoms with Gasteiger partial charge in [-0.25, -0.2) is 13.1 Å². The summed E-state index contributed by atoms with van der Waals surface area (Å²) in [5.41, 5.74) is 2.35. The number of amides is 1. The van der Waals surface area contributed by atoms with Crippen molar-refractivity contribution in [2.45, 2.75) is 12.5 Å². The van der Waals surface area contributed by atoms with Crippen LogP contribution < -0.4 is 10.1 Å². The molecule has 2 heterocycles. The number of hydrogen-bond acceptors (Lipinski definition) is 6. The van der Waals surface area contributed by atoms with Crippen LogP contribution in [0.25, 0.3) is 23.0 Å². The first kappa shape index (κ1) is 23.5. The summed E-state index contributed by atoms with van der Waals surface area (Å²) in [6.07, 6.45) is 3.49. The number of sulfone groups is 1. The van der Waals surface area contributed by atoms with Crippen LogP contribution >= 0.6 is 11.6 Å². The number of aromatic nitrogens is 2. The minimum absolute atomic E-state index is 0.0236. The predicted octanol–water partition coefficient (Wildman–Crippen LogP) is 3.41. The Morgan fingerprint density at radius 3 is 2.68 bits per heavy atom. The highest BCUT2D eigenvalue weighted by molar-refractivity contribution is 7.91. The first-order valence-corrected chi connectivity index (χ1v) is 12.6. The van der Waals surface area contributed by atoms with Gasteiger partial charge in [0.1, 0.15) is 23.1 Å². The molecule has 8 nitrogen and oxygen atoms in total. The second-order valence-corrected chi connectivity index (χ2v) is 10.4. The monoisotopic (exact) mass is 496 g/mol. The smallest absolute Gasteiger partial charge is 0.262 e. The summed E-state index contributed by atoms with van der Waals surface area (Å²) in [6, 6.07) is 16.0. The maximum absolute atomic E-state index is 12.7. The van der Waals surface area contributed by atoms with Crippen LogP contribution in [-0.4, -0.2) is 48.8 Å². The number of methoxy groups -OCH3 is 1. The molecule has 1 aliphatic heterocycles. The van der Waals surface area contributed by atoms with E-state index in [2.05, 4.69) is 10.4 Å². The van der Waals surface area contributed by atoms with Crippen molar-refractivity contribution in [3.05, 3.63) is 70.9 Å². The molecule has 2 aromatic carbocycles. The van der Waals surface area contributed by atoms with E-state index >= 15 is 0 Å². The van der Waals surface area contributed by atoms with Gasteiger partial charge in [-0.2, -0.15) is 10.4 Å². The number of ether oxygens (including phenoxy) is 1. The Morgan fingerprint density at radius 2 is 2.06 bits per heavy atom. The standard InChI is InChI=1S/C24H21ClN4O4S/c1-33-22-8-7-16(12-21(22)25)23-18(14-29(28-23)20-5-3-2-4-6-20)11-17(13-26)24(30)27-19-9-10-34(31,32)15-19/h2-8,11-12,14,19H,9-10,15H2,1H3,(H,27,30)/b17-11+/t19-/m1/s1. The lowest BCUT2D eigenvalue weighted by atomic mass is 10.1. The van der Waals surface area contributed by atoms with Crippen molar-refractivity contribution < 1.29 is 17.9 Å². The van der Waals surface area contributed by atoms with Gasteiger partial charge in [0, 0.05) is 23.4 Å². The lowest BCUT2D eigenvalue weighted by Gasteiger charge is -2.10. The van der Waals surface area contributed by atoms with Gasteiger partial charge in [0.25, 0.3) is 5.91 Å². The predicted molar refractivity (Wildman–Crippen MR) is 129 cm³/mol. The highest BCUT2D eigenvalue weighted by atomic mass is 35.5. The topological polar surface area (TPSA) is 114 Å². The largest absolute Gasteiger partial charge is 0.495 e. The van der Waals surface area contributed by atoms with Gasteiger partial charge in [0.2, 0.25) is 0 Å². The summed E-state index contributed by atoms with van der Waals surface area (Å²) in [6.45, 7) is 0. The minimum Gasteiger partial charge on any atom is -0.495 e. The van der Waals surface area contributed by atoms with Crippen molar-refractivity contribution >= 4 is 33.4 Å². The fourth-order valence-electron chi connectivity index (χ4n) is 3.72. The zero-order chi connectivity index (χ0) is 24.3. The molecule has 1 fully saturated rings. The first-order chi connectivity index (χ1) is 16.3. The van der Waals surface area contributed by atoms with Gasteiger partial charge >= 0.3 is 0 Å². The Balaban J connectivity index is 1.73. The van der Waals surface area contributed by atoms with E-state index in [1.54, 1.807) is 29.1 Å². The van der Waals surface area contributed by atoms with E-state index in [0.29, 0.717) is 34.0 Å². The lowest BCUT2D eigenvalue weighted by molar-refractivity contribution is -0.117. The Labute approximate surface area is 202 Å². The molecule has 0 unspecified atom stereocenters. The summed E-state index contributed by atoms with van der Waals surface area (Å²) < 4.78 is 30.3. The number of halogens is 1. The lowest BCUT2D eigenvalue weighted by Crippen LogP contribution is -2.36. The molecule has 1 saturated heterocycles. The molecule has 1 amide bonds. The number of hydrogen-bond donors (Lipinski definition) is 1. The van der Waals surface area contributed by atoms with E-state index in [9.17, 15) is 18.5 Å². The molecule has 174 valence electrons. The van der Waals surface area contributed by atoms with Crippen molar-refractivity contribution in [1.29, 1.82) is 5.26 Å². The van der Waals surface area contributed by atoms with Crippen LogP contribution in [0.3, 0.4) is 0 Å². The van der Waals surface area contributed by atoms with Gasteiger partial charge in [-0.1, -0.05) is 29.8 Å². The van der Waals surface area contributed by atoms with Gasteiger partial charge in [0.05, 0.1) is 29.3 Å². The van der Waals surface area contributed by atoms with Gasteiger partial charge in [-0.05, 0) is 42.8 Å². The third kappa shape index (κ3) is 5.14. The molecular weight excluding hydrogens is 476 g/mol. The van der Waals surface area contributed by atoms with Crippen LogP contribution in [-0.2, 0) is 14.6 Å². The number of benzene rings is 2. The number of rotatable bonds is 6. The molecule has 34 heavy (non-hydrogen) atoms. The Kier molecular flexibility index (Phi) is 6.72. The third-order valence-electron chi connectivity index (χ3n) is 5.42. The fraction of sp³-hybridized carbons (Fsp3) is 0.208. The summed E-state index contributed by atoms with van der Waals surface area (Å²) in [4.78, 5) is 12.7. The third-order valence-corrected chi connectivity index (χ3v) is 7.48. The van der Waals surface area contributed by atoms with Gasteiger partial charge in [0.15, 0.2) is 9.84 Å². The van der Waals surface area contributed by atoms with Crippen molar-refractivity contribution in [1.82, 2.24) is 15.1 Å². The zero-order valence-electron chi connectivity index (χ0n) is 18.2. The summed E-state index contributed by atoms with van der Waals surface area (Å²) in [5, 5.41) is 17.4. The van der Waals surface area contributed by atoms with E-state index in [1.165, 1.54) is 13.2 Å². The van der Waals surface area contributed by atoms with Gasteiger partial charge in [-0.3, -0.25) is 4.79 Å². The number of nitrogens with one attached hydrogen (secondary N) is 1. The fourth-order valence-corrected chi connectivity index (χ4v) is 5.65. The molecule has 10 heteroatoms. The summed E-state index contributed by atoms with van der Waals surface area (Å²) in [7, 11) is -1.65. The molecular formula is C24H21ClN4O4S. The van der Waals surface area contributed by atoms with Gasteiger partial charge in [-0.15, -0.1) is 0 Å². The van der Waals surface area contributed by atoms with E-state index in [1.807, 2.05) is 36.4 Å². The zero-order valence-corrected chi connectivity index (χ0v) is 19.8. The maximum Gasteiger partial charge on any atom is 0.262 e. The number of para-hydroxylation sites is 1. The molecule has 1 aliphatic rings. The van der Waals surface area contributed by atoms with E-state index in [4.69, 9.17) is 16.3 Å². The van der Waals surface area contributed by atoms with Crippen molar-refractivity contribution in [3.8, 4) is 28.8 Å². The van der Waals surface area contributed by atoms with Crippen molar-refractivity contribution in [2.75, 3.05) is 18.6 Å². The highest BCUT2D eigenvalue weighted by Crippen LogP contribution is 2.32. The molecule has 3 aromatic rings. The average Bonchev–Trinajstić information content (AvgIpc) is 3.40. The van der Waals surface area contributed by atoms with Crippen LogP contribution in [0.2, 0.25) is 5.02 Å². The van der Waals surface area contributed by atoms with E-state index < -0.39 is 21.8 Å². The van der Waals surface area contributed by atoms with Crippen LogP contribution in [0.15, 0.2) is 60.3 Å². The number of nitriles is 1. The van der Waals surface area contributed by atoms with Crippen LogP contribution in [0.4, 0.5) is 0 Å². The summed E-state index contributed by atoms with van der Waals surface area (Å²) in [5.74, 6) is -0.223. The Bertz CT molecular complexity index is 1410. The summed E-state index contributed by atoms with van der Waals surface area (Å²) >= 11 is 6.32. The normalized spacial score (nSPS) is 17.2. The minimum atomic E-state index is -3.17. The van der Waals surface area contributed by atoms with Crippen LogP contribution in [0.1, 0.15) is 12.0 Å². The van der Waals surface area contributed by atoms with Crippen LogP contribution in [0.5, 0.6) is 5.75 Å². The van der Waals surface area contributed by atoms with Crippen molar-refractivity contribution in [2.24, 2.45) is 0 Å². The molecule has 0 aliphatic carbocycles. The first-order valence-electron chi connectivity index (χ1n) is 10.4. The molecule has 0 radical (unpaired) electrons. The molecule has 1 aromatic heterocycles. The number of carbonyl (C=O) groups excluding carboxylic acids is 1. The number of carbonyl (C=O) groups is 1. The second kappa shape index (κ2) is 9.71. The highest BCUT2D eigenvalue weighted by Gasteiger charge is 2.29. The van der Waals surface area contributed by atoms with Crippen molar-refractivity contribution in [3.63, 3.8) is 0 Å². The SMILES string of the molecule is COc1ccc(-c2nn(-c3ccccc3)cc2/C=C(\C#N)C(=O)N[C@@H]2CCS(=O)(=O)C2)cc1Cl. The molecule has 4 rings (SSSR count). The Morgan fingerprint density at radius 1 is 1.29 bits per heavy atom. The molecule has 1 N–H and O–H groups in total. The number of nitrogens with zero attached hydrogens (tertiary/aromatic N) is 3. The Hall–Kier alpha value is -3.61. The quantitative estimate of drug-likeness (QED) is 0.413. The molecule has 1 atom stereocenters.